The fraction of sp³-hybridized carbons (Fsp3) is 0.340. The number of benzene rings is 4. The molecule has 7 aromatic rings. The number of nitrogens with one attached hydrogen (secondary N) is 4. The van der Waals surface area contributed by atoms with Gasteiger partial charge in [-0.15, -0.1) is 0 Å². The molecule has 0 aliphatic heterocycles. The molecule has 7 rings (SSSR count). The summed E-state index contributed by atoms with van der Waals surface area (Å²) < 4.78 is 0. The van der Waals surface area contributed by atoms with E-state index in [-0.39, 0.29) is 23.7 Å². The minimum absolute atomic E-state index is 0.0738. The highest BCUT2D eigenvalue weighted by atomic mass is 16.2. The molecule has 69 heavy (non-hydrogen) atoms. The van der Waals surface area contributed by atoms with Crippen LogP contribution in [0.1, 0.15) is 133 Å². The predicted molar refractivity (Wildman–Crippen MR) is 276 cm³/mol. The van der Waals surface area contributed by atoms with Crippen molar-refractivity contribution in [3.8, 4) is 0 Å². The summed E-state index contributed by atoms with van der Waals surface area (Å²) in [5, 5.41) is 11.6. The van der Waals surface area contributed by atoms with Gasteiger partial charge >= 0.3 is 0 Å². The molecule has 4 aromatic carbocycles. The number of unbranched alkanes of at least 4 members (excludes halogenated alkanes) is 8. The van der Waals surface area contributed by atoms with Crippen molar-refractivity contribution in [2.45, 2.75) is 119 Å². The van der Waals surface area contributed by atoms with Crippen molar-refractivity contribution >= 4 is 52.9 Å². The van der Waals surface area contributed by atoms with Crippen molar-refractivity contribution in [3.63, 3.8) is 0 Å². The first-order valence-electron chi connectivity index (χ1n) is 23.8. The molecule has 3 heterocycles. The number of carbonyl (C=O) groups is 2. The van der Waals surface area contributed by atoms with Gasteiger partial charge in [-0.1, -0.05) is 126 Å². The van der Waals surface area contributed by atoms with Gasteiger partial charge in [-0.05, 0) is 100 Å². The van der Waals surface area contributed by atoms with E-state index in [4.69, 9.17) is 5.73 Å². The van der Waals surface area contributed by atoms with Gasteiger partial charge < -0.3 is 16.4 Å². The Morgan fingerprint density at radius 1 is 0.435 bits per heavy atom. The summed E-state index contributed by atoms with van der Waals surface area (Å²) in [6.07, 6.45) is 14.5. The highest BCUT2D eigenvalue weighted by Crippen LogP contribution is 2.19. The zero-order chi connectivity index (χ0) is 49.2. The lowest BCUT2D eigenvalue weighted by Crippen LogP contribution is -2.18. The number of hydrogen-bond acceptors (Lipinski definition) is 14. The van der Waals surface area contributed by atoms with Crippen LogP contribution >= 0.6 is 0 Å². The van der Waals surface area contributed by atoms with Crippen LogP contribution in [0.2, 0.25) is 0 Å². The lowest BCUT2D eigenvalue weighted by atomic mass is 10.1. The monoisotopic (exact) mass is 931 g/mol. The quantitative estimate of drug-likeness (QED) is 0.0449. The number of nitrogen functional groups attached to an aromatic ring is 1. The van der Waals surface area contributed by atoms with E-state index in [0.29, 0.717) is 40.6 Å². The van der Waals surface area contributed by atoms with Gasteiger partial charge in [-0.2, -0.15) is 39.9 Å². The average molecular weight is 931 g/mol. The topological polar surface area (TPSA) is 224 Å². The zero-order valence-electron chi connectivity index (χ0n) is 40.8. The second-order valence-corrected chi connectivity index (χ2v) is 16.5. The summed E-state index contributed by atoms with van der Waals surface area (Å²) in [5.41, 5.74) is 11.0. The third-order valence-corrected chi connectivity index (χ3v) is 10.3. The van der Waals surface area contributed by atoms with Gasteiger partial charge in [0.25, 0.3) is 11.8 Å². The first kappa shape index (κ1) is 52.2. The summed E-state index contributed by atoms with van der Waals surface area (Å²) in [6.45, 7) is 12.1. The van der Waals surface area contributed by atoms with Crippen molar-refractivity contribution in [3.05, 3.63) is 155 Å². The van der Waals surface area contributed by atoms with Crippen molar-refractivity contribution < 1.29 is 9.59 Å². The smallest absolute Gasteiger partial charge is 0.258 e. The van der Waals surface area contributed by atoms with Gasteiger partial charge in [0.15, 0.2) is 0 Å². The molecule has 0 radical (unpaired) electrons. The number of hydrogen-bond donors (Lipinski definition) is 5. The molecule has 6 N–H and O–H groups in total. The molecule has 16 heteroatoms. The molecule has 2 amide bonds. The van der Waals surface area contributed by atoms with Crippen LogP contribution in [0, 0.1) is 27.7 Å². The van der Waals surface area contributed by atoms with E-state index in [1.165, 1.54) is 62.5 Å². The number of rotatable bonds is 20. The Balaban J connectivity index is 0.000000194. The second-order valence-electron chi connectivity index (χ2n) is 16.5. The Bertz CT molecular complexity index is 2500. The summed E-state index contributed by atoms with van der Waals surface area (Å²) in [7, 11) is 0. The summed E-state index contributed by atoms with van der Waals surface area (Å²) in [4.78, 5) is 62.8. The maximum Gasteiger partial charge on any atom is 0.258 e. The normalized spacial score (nSPS) is 10.5. The van der Waals surface area contributed by atoms with E-state index in [1.807, 2.05) is 55.5 Å². The number of carbonyl (C=O) groups excluding carboxylic acids is 2. The molecular weight excluding hydrogens is 865 g/mol. The van der Waals surface area contributed by atoms with Crippen LogP contribution in [0.4, 0.5) is 41.1 Å². The molecule has 360 valence electrons. The van der Waals surface area contributed by atoms with E-state index in [2.05, 4.69) is 106 Å². The Morgan fingerprint density at radius 3 is 1.23 bits per heavy atom. The van der Waals surface area contributed by atoms with Gasteiger partial charge in [0.1, 0.15) is 23.3 Å². The first-order valence-corrected chi connectivity index (χ1v) is 23.8. The number of nitrogens with two attached hydrogens (primary N) is 1. The summed E-state index contributed by atoms with van der Waals surface area (Å²) in [5.74, 6) is 3.69. The summed E-state index contributed by atoms with van der Waals surface area (Å²) in [6, 6.07) is 33.6. The highest BCUT2D eigenvalue weighted by Gasteiger charge is 2.13. The average Bonchev–Trinajstić information content (AvgIpc) is 3.32. The van der Waals surface area contributed by atoms with Crippen LogP contribution in [-0.2, 0) is 12.8 Å². The molecule has 0 spiro atoms. The van der Waals surface area contributed by atoms with Crippen LogP contribution in [0.3, 0.4) is 0 Å². The predicted octanol–water partition coefficient (Wildman–Crippen LogP) is 11.4. The van der Waals surface area contributed by atoms with Gasteiger partial charge in [0, 0.05) is 35.3 Å². The fourth-order valence-electron chi connectivity index (χ4n) is 6.90. The molecule has 0 saturated heterocycles. The van der Waals surface area contributed by atoms with Crippen molar-refractivity contribution in [1.82, 2.24) is 44.9 Å². The van der Waals surface area contributed by atoms with Crippen LogP contribution in [0.5, 0.6) is 0 Å². The number of aromatic nitrogens is 9. The Hall–Kier alpha value is -7.75. The number of nitrogens with zero attached hydrogens (tertiary/aromatic N) is 9. The van der Waals surface area contributed by atoms with E-state index < -0.39 is 0 Å². The SMILES string of the molecule is CCCCCCCc1nc(N)nc(CCCCCCC)n1.Cc1cccc(Nc2nc(C)nc(Nc3cccc(C)c3)n2)c1.Cc1nc(NC(=O)c2ccccc2)nc(NC(=O)c2ccccc2)n1. The Kier molecular flexibility index (Phi) is 21.5. The van der Waals surface area contributed by atoms with E-state index in [0.717, 1.165) is 48.7 Å². The molecule has 16 nitrogen and oxygen atoms in total. The lowest BCUT2D eigenvalue weighted by Gasteiger charge is -2.09. The third-order valence-electron chi connectivity index (χ3n) is 10.3. The molecule has 0 aliphatic rings. The van der Waals surface area contributed by atoms with E-state index in [9.17, 15) is 9.59 Å². The minimum Gasteiger partial charge on any atom is -0.368 e. The van der Waals surface area contributed by atoms with Crippen LogP contribution < -0.4 is 27.0 Å². The number of anilines is 7. The zero-order valence-corrected chi connectivity index (χ0v) is 40.8. The first-order chi connectivity index (χ1) is 33.5. The minimum atomic E-state index is -0.341. The van der Waals surface area contributed by atoms with Crippen molar-refractivity contribution in [1.29, 1.82) is 0 Å². The number of amides is 2. The standard InChI is InChI=1S/C18H15N5O2.C18H19N5.C17H32N4/c1-12-19-17(21-15(24)13-8-4-2-5-9-13)23-18(20-12)22-16(25)14-10-6-3-7-11-14;1-12-6-4-8-15(10-12)21-17-19-14(3)20-18(23-17)22-16-9-5-7-13(2)11-16;1-3-5-7-9-11-13-15-19-16(21-17(18)20-15)14-12-10-8-6-4-2/h2-11H,1H3,(H2,19,20,21,22,23,24,25);4-11H,1-3H3,(H2,19,20,21,22,23);3-14H2,1-2H3,(H2,18,19,20,21). The second kappa shape index (κ2) is 28.4. The van der Waals surface area contributed by atoms with Crippen LogP contribution in [0.15, 0.2) is 109 Å². The van der Waals surface area contributed by atoms with Gasteiger partial charge in [-0.3, -0.25) is 20.2 Å². The fourth-order valence-corrected chi connectivity index (χ4v) is 6.90. The highest BCUT2D eigenvalue weighted by molar-refractivity contribution is 6.04. The number of aryl methyl sites for hydroxylation is 6. The Labute approximate surface area is 406 Å². The molecule has 3 aromatic heterocycles. The van der Waals surface area contributed by atoms with E-state index in [1.54, 1.807) is 55.5 Å². The van der Waals surface area contributed by atoms with Crippen LogP contribution in [0.25, 0.3) is 0 Å². The largest absolute Gasteiger partial charge is 0.368 e. The van der Waals surface area contributed by atoms with Gasteiger partial charge in [0.2, 0.25) is 29.7 Å². The molecule has 0 atom stereocenters. The maximum atomic E-state index is 12.2. The molecule has 0 bridgehead atoms. The lowest BCUT2D eigenvalue weighted by molar-refractivity contribution is 0.101. The maximum absolute atomic E-state index is 12.2. The van der Waals surface area contributed by atoms with Crippen molar-refractivity contribution in [2.24, 2.45) is 0 Å². The summed E-state index contributed by atoms with van der Waals surface area (Å²) >= 11 is 0. The molecule has 0 fully saturated rings. The van der Waals surface area contributed by atoms with Gasteiger partial charge in [0.05, 0.1) is 0 Å². The van der Waals surface area contributed by atoms with Gasteiger partial charge in [-0.25, -0.2) is 4.98 Å². The van der Waals surface area contributed by atoms with Crippen molar-refractivity contribution in [2.75, 3.05) is 27.0 Å². The molecular formula is C53H66N14O2. The molecule has 0 saturated carbocycles. The van der Waals surface area contributed by atoms with E-state index >= 15 is 0 Å². The molecule has 0 unspecified atom stereocenters. The van der Waals surface area contributed by atoms with Crippen LogP contribution in [-0.4, -0.2) is 56.7 Å². The third kappa shape index (κ3) is 19.6. The Morgan fingerprint density at radius 2 is 0.826 bits per heavy atom. The molecule has 0 aliphatic carbocycles.